The van der Waals surface area contributed by atoms with Gasteiger partial charge in [-0.25, -0.2) is 9.37 Å². The largest absolute Gasteiger partial charge is 0.390 e. The molecule has 2 aromatic heterocycles. The molecule has 0 radical (unpaired) electrons. The van der Waals surface area contributed by atoms with E-state index in [0.717, 1.165) is 58.7 Å². The molecule has 0 aliphatic heterocycles. The first-order chi connectivity index (χ1) is 15.4. The van der Waals surface area contributed by atoms with Crippen molar-refractivity contribution in [2.24, 2.45) is 5.73 Å². The van der Waals surface area contributed by atoms with Gasteiger partial charge in [0.15, 0.2) is 0 Å². The van der Waals surface area contributed by atoms with Crippen LogP contribution in [-0.4, -0.2) is 34.9 Å². The maximum atomic E-state index is 14.9. The van der Waals surface area contributed by atoms with Crippen LogP contribution in [0, 0.1) is 5.82 Å². The van der Waals surface area contributed by atoms with Crippen molar-refractivity contribution >= 4 is 5.65 Å². The Morgan fingerprint density at radius 1 is 1.22 bits per heavy atom. The maximum Gasteiger partial charge on any atom is 0.136 e. The predicted molar refractivity (Wildman–Crippen MR) is 131 cm³/mol. The molecule has 3 aromatic rings. The molecule has 0 saturated heterocycles. The van der Waals surface area contributed by atoms with Crippen LogP contribution in [0.3, 0.4) is 0 Å². The molecule has 3 N–H and O–H groups in total. The van der Waals surface area contributed by atoms with E-state index < -0.39 is 0 Å². The van der Waals surface area contributed by atoms with Gasteiger partial charge in [-0.3, -0.25) is 0 Å². The first-order valence-electron chi connectivity index (χ1n) is 11.1. The summed E-state index contributed by atoms with van der Waals surface area (Å²) >= 11 is 0. The van der Waals surface area contributed by atoms with Gasteiger partial charge in [0.2, 0.25) is 0 Å². The summed E-state index contributed by atoms with van der Waals surface area (Å²) < 4.78 is 17.0. The number of rotatable bonds is 10. The Morgan fingerprint density at radius 2 is 2.00 bits per heavy atom. The van der Waals surface area contributed by atoms with Crippen LogP contribution in [0.4, 0.5) is 4.39 Å². The van der Waals surface area contributed by atoms with Crippen molar-refractivity contribution < 1.29 is 4.39 Å². The second kappa shape index (κ2) is 10.5. The Morgan fingerprint density at radius 3 is 2.69 bits per heavy atom. The molecule has 0 fully saturated rings. The molecule has 170 valence electrons. The van der Waals surface area contributed by atoms with Gasteiger partial charge in [-0.1, -0.05) is 18.7 Å². The monoisotopic (exact) mass is 435 g/mol. The summed E-state index contributed by atoms with van der Waals surface area (Å²) in [4.78, 5) is 6.54. The van der Waals surface area contributed by atoms with E-state index in [0.29, 0.717) is 13.0 Å². The number of fused-ring (bicyclic) bond motifs is 1. The molecule has 2 heterocycles. The van der Waals surface area contributed by atoms with Gasteiger partial charge in [0.25, 0.3) is 0 Å². The summed E-state index contributed by atoms with van der Waals surface area (Å²) in [5, 5.41) is 3.23. The van der Waals surface area contributed by atoms with Gasteiger partial charge in [-0.2, -0.15) is 0 Å². The quantitative estimate of drug-likeness (QED) is 0.476. The van der Waals surface area contributed by atoms with Crippen molar-refractivity contribution in [3.63, 3.8) is 0 Å². The van der Waals surface area contributed by atoms with Crippen LogP contribution in [0.1, 0.15) is 37.9 Å². The zero-order valence-corrected chi connectivity index (χ0v) is 19.6. The Bertz CT molecular complexity index is 1130. The fraction of sp³-hybridized carbons (Fsp3) is 0.346. The molecule has 0 saturated carbocycles. The van der Waals surface area contributed by atoms with E-state index in [1.54, 1.807) is 12.1 Å². The summed E-state index contributed by atoms with van der Waals surface area (Å²) in [6, 6.07) is 9.30. The number of nitrogens with two attached hydrogens (primary N) is 1. The zero-order chi connectivity index (χ0) is 23.3. The van der Waals surface area contributed by atoms with Gasteiger partial charge in [0.05, 0.1) is 0 Å². The van der Waals surface area contributed by atoms with Crippen LogP contribution < -0.4 is 11.1 Å². The van der Waals surface area contributed by atoms with E-state index in [4.69, 9.17) is 5.73 Å². The van der Waals surface area contributed by atoms with Crippen molar-refractivity contribution in [3.8, 4) is 11.1 Å². The number of hydrogen-bond acceptors (Lipinski definition) is 4. The van der Waals surface area contributed by atoms with E-state index in [9.17, 15) is 4.39 Å². The van der Waals surface area contributed by atoms with E-state index in [1.807, 2.05) is 51.6 Å². The molecule has 0 amide bonds. The first-order valence-corrected chi connectivity index (χ1v) is 11.1. The highest BCUT2D eigenvalue weighted by molar-refractivity contribution is 5.68. The zero-order valence-electron chi connectivity index (χ0n) is 19.6. The van der Waals surface area contributed by atoms with Crippen LogP contribution in [0.5, 0.6) is 0 Å². The molecule has 0 spiro atoms. The number of hydrogen-bond donors (Lipinski definition) is 2. The smallest absolute Gasteiger partial charge is 0.136 e. The molecule has 0 atom stereocenters. The Kier molecular flexibility index (Phi) is 7.70. The summed E-state index contributed by atoms with van der Waals surface area (Å²) in [6.45, 7) is 8.66. The standard InChI is InChI=1S/C26H34FN5/c1-18(2)31(5)25(19(3)29-4)11-7-9-23-22(8-6-10-24(23)27)20-12-13-26-30-16-21(14-15-28)32(26)17-20/h6,8,10,12-13,16-17,29H,1,7,9,11,14-15,28H2,2-5H3/b25-19-. The number of aromatic nitrogens is 2. The van der Waals surface area contributed by atoms with Gasteiger partial charge in [0, 0.05) is 55.7 Å². The third-order valence-electron chi connectivity index (χ3n) is 6.04. The molecule has 1 aromatic carbocycles. The third kappa shape index (κ3) is 5.02. The number of pyridine rings is 1. The van der Waals surface area contributed by atoms with E-state index >= 15 is 0 Å². The van der Waals surface area contributed by atoms with Crippen LogP contribution in [0.2, 0.25) is 0 Å². The number of halogens is 1. The van der Waals surface area contributed by atoms with Gasteiger partial charge in [0.1, 0.15) is 11.5 Å². The minimum atomic E-state index is -0.167. The molecule has 0 bridgehead atoms. The fourth-order valence-corrected chi connectivity index (χ4v) is 4.02. The Hall–Kier alpha value is -3.12. The lowest BCUT2D eigenvalue weighted by molar-refractivity contribution is 0.476. The SMILES string of the molecule is C=C(C)N(C)/C(CCCc1c(F)cccc1-c1ccc2ncc(CCN)n2c1)=C(/C)NC. The lowest BCUT2D eigenvalue weighted by atomic mass is 9.96. The number of benzene rings is 1. The van der Waals surface area contributed by atoms with Crippen molar-refractivity contribution in [3.05, 3.63) is 83.5 Å². The highest BCUT2D eigenvalue weighted by atomic mass is 19.1. The maximum absolute atomic E-state index is 14.9. The summed E-state index contributed by atoms with van der Waals surface area (Å²) in [6.07, 6.45) is 6.93. The lowest BCUT2D eigenvalue weighted by Gasteiger charge is -2.25. The molecule has 0 aliphatic carbocycles. The van der Waals surface area contributed by atoms with Gasteiger partial charge >= 0.3 is 0 Å². The molecular formula is C26H34FN5. The Labute approximate surface area is 190 Å². The second-order valence-electron chi connectivity index (χ2n) is 8.17. The molecule has 0 aliphatic rings. The highest BCUT2D eigenvalue weighted by Crippen LogP contribution is 2.29. The molecule has 5 nitrogen and oxygen atoms in total. The molecule has 6 heteroatoms. The molecule has 3 rings (SSSR count). The summed E-state index contributed by atoms with van der Waals surface area (Å²) in [5.74, 6) is -0.167. The summed E-state index contributed by atoms with van der Waals surface area (Å²) in [5.41, 5.74) is 13.6. The van der Waals surface area contributed by atoms with Crippen LogP contribution in [0.25, 0.3) is 16.8 Å². The van der Waals surface area contributed by atoms with Crippen LogP contribution >= 0.6 is 0 Å². The van der Waals surface area contributed by atoms with Gasteiger partial charge in [-0.15, -0.1) is 0 Å². The molecular weight excluding hydrogens is 401 g/mol. The number of nitrogens with one attached hydrogen (secondary N) is 1. The first kappa shape index (κ1) is 23.5. The van der Waals surface area contributed by atoms with Crippen molar-refractivity contribution in [2.75, 3.05) is 20.6 Å². The van der Waals surface area contributed by atoms with Crippen LogP contribution in [-0.2, 0) is 12.8 Å². The normalized spacial score (nSPS) is 12.1. The topological polar surface area (TPSA) is 58.6 Å². The number of nitrogens with zero attached hydrogens (tertiary/aromatic N) is 3. The van der Waals surface area contributed by atoms with Gasteiger partial charge < -0.3 is 20.4 Å². The number of allylic oxidation sites excluding steroid dienone is 3. The number of imidazole rings is 1. The average molecular weight is 436 g/mol. The average Bonchev–Trinajstić information content (AvgIpc) is 3.19. The second-order valence-corrected chi connectivity index (χ2v) is 8.17. The molecule has 32 heavy (non-hydrogen) atoms. The van der Waals surface area contributed by atoms with Crippen molar-refractivity contribution in [2.45, 2.75) is 39.5 Å². The van der Waals surface area contributed by atoms with Crippen molar-refractivity contribution in [1.29, 1.82) is 0 Å². The van der Waals surface area contributed by atoms with Crippen molar-refractivity contribution in [1.82, 2.24) is 19.6 Å². The van der Waals surface area contributed by atoms with Gasteiger partial charge in [-0.05, 0) is 74.5 Å². The fourth-order valence-electron chi connectivity index (χ4n) is 4.02. The predicted octanol–water partition coefficient (Wildman–Crippen LogP) is 4.88. The van der Waals surface area contributed by atoms with E-state index in [-0.39, 0.29) is 5.82 Å². The minimum absolute atomic E-state index is 0.167. The van der Waals surface area contributed by atoms with E-state index in [1.165, 1.54) is 5.70 Å². The lowest BCUT2D eigenvalue weighted by Crippen LogP contribution is -2.20. The third-order valence-corrected chi connectivity index (χ3v) is 6.04. The Balaban J connectivity index is 1.89. The van der Waals surface area contributed by atoms with Crippen LogP contribution in [0.15, 0.2) is 66.4 Å². The minimum Gasteiger partial charge on any atom is -0.390 e. The van der Waals surface area contributed by atoms with E-state index in [2.05, 4.69) is 33.1 Å². The summed E-state index contributed by atoms with van der Waals surface area (Å²) in [7, 11) is 3.94. The highest BCUT2D eigenvalue weighted by Gasteiger charge is 2.14. The molecule has 0 unspecified atom stereocenters.